The van der Waals surface area contributed by atoms with Crippen LogP contribution in [0.1, 0.15) is 18.4 Å². The van der Waals surface area contributed by atoms with E-state index in [0.717, 1.165) is 17.7 Å². The molecular weight excluding hydrogens is 280 g/mol. The molecule has 7 heteroatoms. The third-order valence-corrected chi connectivity index (χ3v) is 3.21. The van der Waals surface area contributed by atoms with Crippen LogP contribution >= 0.6 is 0 Å². The Hall–Kier alpha value is -2.54. The maximum atomic E-state index is 5.25. The van der Waals surface area contributed by atoms with Gasteiger partial charge in [0.15, 0.2) is 0 Å². The van der Waals surface area contributed by atoms with Crippen molar-refractivity contribution in [3.8, 4) is 11.4 Å². The number of hydrogen-bond donors (Lipinski definition) is 1. The molecule has 0 spiro atoms. The second kappa shape index (κ2) is 6.48. The lowest BCUT2D eigenvalue weighted by Crippen LogP contribution is -2.30. The summed E-state index contributed by atoms with van der Waals surface area (Å²) in [5, 5.41) is 11.6. The van der Waals surface area contributed by atoms with E-state index < -0.39 is 0 Å². The van der Waals surface area contributed by atoms with Gasteiger partial charge in [-0.15, -0.1) is 0 Å². The first-order valence-electron chi connectivity index (χ1n) is 7.16. The SMILES string of the molecule is Cc1cnn(C[C@H](C)NCc2nc(-c3cccnc3)no2)c1. The molecule has 7 nitrogen and oxygen atoms in total. The van der Waals surface area contributed by atoms with Crippen molar-refractivity contribution < 1.29 is 4.52 Å². The van der Waals surface area contributed by atoms with Gasteiger partial charge in [-0.05, 0) is 31.5 Å². The number of nitrogens with one attached hydrogen (secondary N) is 1. The van der Waals surface area contributed by atoms with Gasteiger partial charge in [0.1, 0.15) is 0 Å². The van der Waals surface area contributed by atoms with Gasteiger partial charge in [0, 0.05) is 30.2 Å². The number of rotatable bonds is 6. The highest BCUT2D eigenvalue weighted by Crippen LogP contribution is 2.13. The molecular formula is C15H18N6O. The van der Waals surface area contributed by atoms with Crippen LogP contribution in [0.3, 0.4) is 0 Å². The van der Waals surface area contributed by atoms with Crippen LogP contribution in [0.5, 0.6) is 0 Å². The molecule has 3 heterocycles. The Morgan fingerprint density at radius 2 is 2.27 bits per heavy atom. The first-order valence-corrected chi connectivity index (χ1v) is 7.16. The standard InChI is InChI=1S/C15H18N6O/c1-11-6-18-21(9-11)10-12(2)17-8-14-19-15(20-22-14)13-4-3-5-16-7-13/h3-7,9,12,17H,8,10H2,1-2H3/t12-/m0/s1. The van der Waals surface area contributed by atoms with E-state index in [2.05, 4.69) is 32.5 Å². The summed E-state index contributed by atoms with van der Waals surface area (Å²) < 4.78 is 7.17. The maximum Gasteiger partial charge on any atom is 0.240 e. The molecule has 114 valence electrons. The summed E-state index contributed by atoms with van der Waals surface area (Å²) in [7, 11) is 0. The second-order valence-corrected chi connectivity index (χ2v) is 5.28. The lowest BCUT2D eigenvalue weighted by Gasteiger charge is -2.11. The van der Waals surface area contributed by atoms with Crippen LogP contribution in [0, 0.1) is 6.92 Å². The van der Waals surface area contributed by atoms with Crippen molar-refractivity contribution >= 4 is 0 Å². The van der Waals surface area contributed by atoms with Gasteiger partial charge in [-0.3, -0.25) is 9.67 Å². The molecule has 0 aliphatic heterocycles. The highest BCUT2D eigenvalue weighted by atomic mass is 16.5. The summed E-state index contributed by atoms with van der Waals surface area (Å²) in [6.45, 7) is 5.43. The van der Waals surface area contributed by atoms with E-state index in [1.165, 1.54) is 0 Å². The van der Waals surface area contributed by atoms with E-state index >= 15 is 0 Å². The molecule has 3 rings (SSSR count). The second-order valence-electron chi connectivity index (χ2n) is 5.28. The summed E-state index contributed by atoms with van der Waals surface area (Å²) in [6.07, 6.45) is 7.30. The van der Waals surface area contributed by atoms with E-state index in [0.29, 0.717) is 18.3 Å². The topological polar surface area (TPSA) is 81.7 Å². The first kappa shape index (κ1) is 14.4. The van der Waals surface area contributed by atoms with Crippen LogP contribution in [0.15, 0.2) is 41.4 Å². The van der Waals surface area contributed by atoms with Gasteiger partial charge in [-0.1, -0.05) is 5.16 Å². The van der Waals surface area contributed by atoms with Crippen molar-refractivity contribution in [3.05, 3.63) is 48.4 Å². The number of hydrogen-bond acceptors (Lipinski definition) is 6. The quantitative estimate of drug-likeness (QED) is 0.747. The normalized spacial score (nSPS) is 12.5. The smallest absolute Gasteiger partial charge is 0.240 e. The molecule has 1 N–H and O–H groups in total. The molecule has 0 saturated carbocycles. The molecule has 3 aromatic heterocycles. The van der Waals surface area contributed by atoms with Crippen molar-refractivity contribution in [2.75, 3.05) is 0 Å². The highest BCUT2D eigenvalue weighted by Gasteiger charge is 2.10. The molecule has 0 aliphatic rings. The minimum absolute atomic E-state index is 0.244. The van der Waals surface area contributed by atoms with Crippen molar-refractivity contribution in [1.82, 2.24) is 30.2 Å². The fourth-order valence-electron chi connectivity index (χ4n) is 2.11. The van der Waals surface area contributed by atoms with E-state index in [1.54, 1.807) is 12.4 Å². The van der Waals surface area contributed by atoms with E-state index in [-0.39, 0.29) is 6.04 Å². The first-order chi connectivity index (χ1) is 10.7. The van der Waals surface area contributed by atoms with Gasteiger partial charge in [0.25, 0.3) is 0 Å². The van der Waals surface area contributed by atoms with E-state index in [1.807, 2.05) is 36.1 Å². The number of pyridine rings is 1. The van der Waals surface area contributed by atoms with Gasteiger partial charge in [0.05, 0.1) is 19.3 Å². The largest absolute Gasteiger partial charge is 0.338 e. The Labute approximate surface area is 128 Å². The molecule has 22 heavy (non-hydrogen) atoms. The van der Waals surface area contributed by atoms with Gasteiger partial charge in [-0.25, -0.2) is 0 Å². The Bertz CT molecular complexity index is 720. The van der Waals surface area contributed by atoms with Gasteiger partial charge in [-0.2, -0.15) is 10.1 Å². The molecule has 0 saturated heterocycles. The van der Waals surface area contributed by atoms with Crippen LogP contribution in [-0.2, 0) is 13.1 Å². The van der Waals surface area contributed by atoms with Crippen molar-refractivity contribution in [2.24, 2.45) is 0 Å². The van der Waals surface area contributed by atoms with E-state index in [4.69, 9.17) is 4.52 Å². The predicted octanol–water partition coefficient (Wildman–Crippen LogP) is 1.81. The van der Waals surface area contributed by atoms with Gasteiger partial charge < -0.3 is 9.84 Å². The molecule has 1 atom stereocenters. The van der Waals surface area contributed by atoms with Crippen LogP contribution in [-0.4, -0.2) is 30.9 Å². The Morgan fingerprint density at radius 1 is 1.36 bits per heavy atom. The van der Waals surface area contributed by atoms with Gasteiger partial charge in [0.2, 0.25) is 11.7 Å². The molecule has 0 radical (unpaired) electrons. The average Bonchev–Trinajstić information content (AvgIpc) is 3.15. The summed E-state index contributed by atoms with van der Waals surface area (Å²) in [4.78, 5) is 8.41. The lowest BCUT2D eigenvalue weighted by molar-refractivity contribution is 0.350. The summed E-state index contributed by atoms with van der Waals surface area (Å²) in [5.74, 6) is 1.11. The van der Waals surface area contributed by atoms with Crippen LogP contribution in [0.2, 0.25) is 0 Å². The highest BCUT2D eigenvalue weighted by molar-refractivity contribution is 5.51. The van der Waals surface area contributed by atoms with Gasteiger partial charge >= 0.3 is 0 Å². The minimum Gasteiger partial charge on any atom is -0.338 e. The maximum absolute atomic E-state index is 5.25. The monoisotopic (exact) mass is 298 g/mol. The Kier molecular flexibility index (Phi) is 4.24. The summed E-state index contributed by atoms with van der Waals surface area (Å²) in [6, 6.07) is 3.99. The Balaban J connectivity index is 1.54. The van der Waals surface area contributed by atoms with Crippen molar-refractivity contribution in [1.29, 1.82) is 0 Å². The molecule has 0 bridgehead atoms. The lowest BCUT2D eigenvalue weighted by atomic mass is 10.3. The molecule has 0 aromatic carbocycles. The molecule has 0 amide bonds. The average molecular weight is 298 g/mol. The third kappa shape index (κ3) is 3.56. The zero-order chi connectivity index (χ0) is 15.4. The van der Waals surface area contributed by atoms with Crippen LogP contribution < -0.4 is 5.32 Å². The zero-order valence-electron chi connectivity index (χ0n) is 12.6. The molecule has 3 aromatic rings. The predicted molar refractivity (Wildman–Crippen MR) is 80.8 cm³/mol. The van der Waals surface area contributed by atoms with Crippen molar-refractivity contribution in [2.45, 2.75) is 33.0 Å². The van der Waals surface area contributed by atoms with E-state index in [9.17, 15) is 0 Å². The fourth-order valence-corrected chi connectivity index (χ4v) is 2.11. The summed E-state index contributed by atoms with van der Waals surface area (Å²) in [5.41, 5.74) is 2.00. The fraction of sp³-hybridized carbons (Fsp3) is 0.333. The third-order valence-electron chi connectivity index (χ3n) is 3.21. The molecule has 0 unspecified atom stereocenters. The number of nitrogens with zero attached hydrogens (tertiary/aromatic N) is 5. The number of aromatic nitrogens is 5. The minimum atomic E-state index is 0.244. The Morgan fingerprint density at radius 3 is 3.00 bits per heavy atom. The summed E-state index contributed by atoms with van der Waals surface area (Å²) >= 11 is 0. The van der Waals surface area contributed by atoms with Crippen LogP contribution in [0.4, 0.5) is 0 Å². The zero-order valence-corrected chi connectivity index (χ0v) is 12.6. The molecule has 0 fully saturated rings. The number of aryl methyl sites for hydroxylation is 1. The van der Waals surface area contributed by atoms with Crippen LogP contribution in [0.25, 0.3) is 11.4 Å². The molecule has 0 aliphatic carbocycles. The van der Waals surface area contributed by atoms with Crippen molar-refractivity contribution in [3.63, 3.8) is 0 Å².